The SMILES string of the molecule is COc1ccc(Oc2nccnc2Cl)cc1[N+](=O)[O-]. The van der Waals surface area contributed by atoms with Crippen LogP contribution in [0.3, 0.4) is 0 Å². The highest BCUT2D eigenvalue weighted by molar-refractivity contribution is 6.30. The molecule has 0 fully saturated rings. The first-order valence-electron chi connectivity index (χ1n) is 5.08. The van der Waals surface area contributed by atoms with E-state index in [1.807, 2.05) is 0 Å². The summed E-state index contributed by atoms with van der Waals surface area (Å²) in [6.45, 7) is 0. The second kappa shape index (κ2) is 5.49. The van der Waals surface area contributed by atoms with Gasteiger partial charge in [-0.3, -0.25) is 10.1 Å². The molecule has 0 atom stereocenters. The van der Waals surface area contributed by atoms with E-state index in [1.165, 1.54) is 37.7 Å². The van der Waals surface area contributed by atoms with E-state index >= 15 is 0 Å². The Morgan fingerprint density at radius 3 is 2.68 bits per heavy atom. The van der Waals surface area contributed by atoms with Crippen molar-refractivity contribution in [3.05, 3.63) is 45.9 Å². The van der Waals surface area contributed by atoms with E-state index in [4.69, 9.17) is 21.1 Å². The molecule has 1 aromatic heterocycles. The van der Waals surface area contributed by atoms with Gasteiger partial charge in [-0.2, -0.15) is 0 Å². The number of nitro benzene ring substituents is 1. The number of nitrogens with zero attached hydrogens (tertiary/aromatic N) is 3. The maximum atomic E-state index is 10.9. The molecule has 0 saturated heterocycles. The Morgan fingerprint density at radius 2 is 2.05 bits per heavy atom. The molecule has 0 aliphatic carbocycles. The van der Waals surface area contributed by atoms with Gasteiger partial charge < -0.3 is 9.47 Å². The molecule has 0 radical (unpaired) electrons. The van der Waals surface area contributed by atoms with E-state index in [9.17, 15) is 10.1 Å². The summed E-state index contributed by atoms with van der Waals surface area (Å²) in [4.78, 5) is 18.0. The number of hydrogen-bond donors (Lipinski definition) is 0. The fourth-order valence-electron chi connectivity index (χ4n) is 1.36. The van der Waals surface area contributed by atoms with Gasteiger partial charge in [0, 0.05) is 12.4 Å². The fourth-order valence-corrected chi connectivity index (χ4v) is 1.51. The molecule has 0 spiro atoms. The summed E-state index contributed by atoms with van der Waals surface area (Å²) in [5.41, 5.74) is -0.208. The molecular weight excluding hydrogens is 274 g/mol. The molecule has 0 aliphatic heterocycles. The van der Waals surface area contributed by atoms with Gasteiger partial charge in [0.05, 0.1) is 18.1 Å². The van der Waals surface area contributed by atoms with Gasteiger partial charge in [-0.25, -0.2) is 9.97 Å². The number of methoxy groups -OCH3 is 1. The van der Waals surface area contributed by atoms with Gasteiger partial charge in [0.2, 0.25) is 0 Å². The Kier molecular flexibility index (Phi) is 3.76. The summed E-state index contributed by atoms with van der Waals surface area (Å²) in [6.07, 6.45) is 2.81. The third-order valence-electron chi connectivity index (χ3n) is 2.18. The number of halogens is 1. The van der Waals surface area contributed by atoms with Crippen LogP contribution in [-0.4, -0.2) is 22.0 Å². The van der Waals surface area contributed by atoms with Crippen LogP contribution in [0.25, 0.3) is 0 Å². The Balaban J connectivity index is 2.34. The van der Waals surface area contributed by atoms with Gasteiger partial charge in [-0.05, 0) is 12.1 Å². The van der Waals surface area contributed by atoms with Crippen molar-refractivity contribution in [1.29, 1.82) is 0 Å². The number of benzene rings is 1. The zero-order chi connectivity index (χ0) is 13.8. The number of hydrogen-bond acceptors (Lipinski definition) is 6. The smallest absolute Gasteiger partial charge is 0.314 e. The summed E-state index contributed by atoms with van der Waals surface area (Å²) in [7, 11) is 1.35. The minimum absolute atomic E-state index is 0.0703. The van der Waals surface area contributed by atoms with E-state index in [-0.39, 0.29) is 28.2 Å². The first-order chi connectivity index (χ1) is 9.11. The average molecular weight is 282 g/mol. The number of ether oxygens (including phenoxy) is 2. The van der Waals surface area contributed by atoms with Crippen molar-refractivity contribution in [2.45, 2.75) is 0 Å². The van der Waals surface area contributed by atoms with Crippen LogP contribution in [0.5, 0.6) is 17.4 Å². The van der Waals surface area contributed by atoms with E-state index in [1.54, 1.807) is 0 Å². The summed E-state index contributed by atoms with van der Waals surface area (Å²) >= 11 is 5.78. The minimum Gasteiger partial charge on any atom is -0.490 e. The number of nitro groups is 1. The fraction of sp³-hybridized carbons (Fsp3) is 0.0909. The molecule has 7 nitrogen and oxygen atoms in total. The molecule has 0 unspecified atom stereocenters. The number of aromatic nitrogens is 2. The molecule has 0 amide bonds. The Hall–Kier alpha value is -2.41. The number of rotatable bonds is 4. The Bertz CT molecular complexity index is 621. The predicted octanol–water partition coefficient (Wildman–Crippen LogP) is 2.84. The van der Waals surface area contributed by atoms with Crippen molar-refractivity contribution in [3.63, 3.8) is 0 Å². The van der Waals surface area contributed by atoms with Gasteiger partial charge in [0.1, 0.15) is 5.75 Å². The molecule has 0 N–H and O–H groups in total. The largest absolute Gasteiger partial charge is 0.490 e. The molecule has 2 aromatic rings. The Morgan fingerprint density at radius 1 is 1.32 bits per heavy atom. The monoisotopic (exact) mass is 281 g/mol. The minimum atomic E-state index is -0.566. The lowest BCUT2D eigenvalue weighted by Crippen LogP contribution is -1.95. The van der Waals surface area contributed by atoms with Gasteiger partial charge >= 0.3 is 5.69 Å². The van der Waals surface area contributed by atoms with Crippen LogP contribution in [0.15, 0.2) is 30.6 Å². The lowest BCUT2D eigenvalue weighted by molar-refractivity contribution is -0.385. The molecule has 19 heavy (non-hydrogen) atoms. The van der Waals surface area contributed by atoms with Crippen molar-refractivity contribution in [2.75, 3.05) is 7.11 Å². The van der Waals surface area contributed by atoms with Gasteiger partial charge in [-0.15, -0.1) is 0 Å². The standard InChI is InChI=1S/C11H8ClN3O4/c1-18-9-3-2-7(6-8(9)15(16)17)19-11-10(12)13-4-5-14-11/h2-6H,1H3. The second-order valence-electron chi connectivity index (χ2n) is 3.35. The summed E-state index contributed by atoms with van der Waals surface area (Å²) in [5.74, 6) is 0.432. The lowest BCUT2D eigenvalue weighted by Gasteiger charge is -2.06. The molecule has 98 valence electrons. The van der Waals surface area contributed by atoms with Crippen LogP contribution < -0.4 is 9.47 Å². The van der Waals surface area contributed by atoms with E-state index in [2.05, 4.69) is 9.97 Å². The quantitative estimate of drug-likeness (QED) is 0.632. The normalized spacial score (nSPS) is 10.0. The van der Waals surface area contributed by atoms with Crippen LogP contribution in [0, 0.1) is 10.1 Å². The molecule has 1 heterocycles. The van der Waals surface area contributed by atoms with Crippen LogP contribution in [-0.2, 0) is 0 Å². The van der Waals surface area contributed by atoms with Gasteiger partial charge in [0.25, 0.3) is 5.88 Å². The molecule has 0 aliphatic rings. The second-order valence-corrected chi connectivity index (χ2v) is 3.70. The zero-order valence-electron chi connectivity index (χ0n) is 9.74. The van der Waals surface area contributed by atoms with E-state index in [0.717, 1.165) is 0 Å². The maximum absolute atomic E-state index is 10.9. The first-order valence-corrected chi connectivity index (χ1v) is 5.46. The third kappa shape index (κ3) is 2.89. The highest BCUT2D eigenvalue weighted by Crippen LogP contribution is 2.33. The zero-order valence-corrected chi connectivity index (χ0v) is 10.5. The topological polar surface area (TPSA) is 87.4 Å². The van der Waals surface area contributed by atoms with E-state index < -0.39 is 4.92 Å². The highest BCUT2D eigenvalue weighted by atomic mass is 35.5. The molecule has 1 aromatic carbocycles. The summed E-state index contributed by atoms with van der Waals surface area (Å²) in [6, 6.07) is 4.17. The lowest BCUT2D eigenvalue weighted by atomic mass is 10.3. The molecule has 2 rings (SSSR count). The van der Waals surface area contributed by atoms with Gasteiger partial charge in [-0.1, -0.05) is 11.6 Å². The van der Waals surface area contributed by atoms with Crippen LogP contribution in [0.2, 0.25) is 5.15 Å². The van der Waals surface area contributed by atoms with Crippen molar-refractivity contribution in [3.8, 4) is 17.4 Å². The molecule has 0 saturated carbocycles. The Labute approximate surface area is 112 Å². The average Bonchev–Trinajstić information content (AvgIpc) is 2.41. The predicted molar refractivity (Wildman–Crippen MR) is 66.8 cm³/mol. The van der Waals surface area contributed by atoms with Crippen LogP contribution >= 0.6 is 11.6 Å². The van der Waals surface area contributed by atoms with Crippen molar-refractivity contribution in [1.82, 2.24) is 9.97 Å². The van der Waals surface area contributed by atoms with Crippen molar-refractivity contribution < 1.29 is 14.4 Å². The molecule has 8 heteroatoms. The molecule has 0 bridgehead atoms. The maximum Gasteiger partial charge on any atom is 0.314 e. The van der Waals surface area contributed by atoms with Crippen LogP contribution in [0.1, 0.15) is 0 Å². The summed E-state index contributed by atoms with van der Waals surface area (Å²) in [5, 5.41) is 10.9. The molecular formula is C11H8ClN3O4. The summed E-state index contributed by atoms with van der Waals surface area (Å²) < 4.78 is 10.2. The first kappa shape index (κ1) is 13.0. The van der Waals surface area contributed by atoms with E-state index in [0.29, 0.717) is 0 Å². The van der Waals surface area contributed by atoms with Crippen molar-refractivity contribution in [2.24, 2.45) is 0 Å². The van der Waals surface area contributed by atoms with Crippen LogP contribution in [0.4, 0.5) is 5.69 Å². The van der Waals surface area contributed by atoms with Crippen molar-refractivity contribution >= 4 is 17.3 Å². The third-order valence-corrected chi connectivity index (χ3v) is 2.44. The van der Waals surface area contributed by atoms with Gasteiger partial charge in [0.15, 0.2) is 10.9 Å². The highest BCUT2D eigenvalue weighted by Gasteiger charge is 2.16.